The number of carbonyl (C=O) groups excluding carboxylic acids is 1. The summed E-state index contributed by atoms with van der Waals surface area (Å²) >= 11 is 0. The van der Waals surface area contributed by atoms with Gasteiger partial charge in [0.15, 0.2) is 0 Å². The van der Waals surface area contributed by atoms with E-state index in [4.69, 9.17) is 5.26 Å². The Labute approximate surface area is 118 Å². The van der Waals surface area contributed by atoms with Gasteiger partial charge in [-0.3, -0.25) is 4.79 Å². The van der Waals surface area contributed by atoms with Crippen LogP contribution in [0, 0.1) is 22.7 Å². The van der Waals surface area contributed by atoms with Crippen molar-refractivity contribution >= 4 is 5.91 Å². The van der Waals surface area contributed by atoms with E-state index in [1.54, 1.807) is 0 Å². The number of carbonyl (C=O) groups is 1. The van der Waals surface area contributed by atoms with E-state index in [2.05, 4.69) is 26.8 Å². The SMILES string of the molecule is CN(C(=O)CCC(C)(C)C)C1CCC(CC#N)CC1. The number of hydrogen-bond acceptors (Lipinski definition) is 2. The summed E-state index contributed by atoms with van der Waals surface area (Å²) < 4.78 is 0. The highest BCUT2D eigenvalue weighted by molar-refractivity contribution is 5.76. The highest BCUT2D eigenvalue weighted by Gasteiger charge is 2.26. The first-order valence-electron chi connectivity index (χ1n) is 7.46. The van der Waals surface area contributed by atoms with Gasteiger partial charge in [0.2, 0.25) is 5.91 Å². The predicted molar refractivity (Wildman–Crippen MR) is 77.4 cm³/mol. The lowest BCUT2D eigenvalue weighted by Gasteiger charge is -2.34. The summed E-state index contributed by atoms with van der Waals surface area (Å²) in [4.78, 5) is 14.1. The van der Waals surface area contributed by atoms with Gasteiger partial charge >= 0.3 is 0 Å². The fraction of sp³-hybridized carbons (Fsp3) is 0.875. The maximum atomic E-state index is 12.2. The topological polar surface area (TPSA) is 44.1 Å². The van der Waals surface area contributed by atoms with Gasteiger partial charge in [-0.15, -0.1) is 0 Å². The second kappa shape index (κ2) is 6.93. The molecule has 19 heavy (non-hydrogen) atoms. The summed E-state index contributed by atoms with van der Waals surface area (Å²) in [5.74, 6) is 0.831. The molecule has 0 aromatic rings. The van der Waals surface area contributed by atoms with Gasteiger partial charge in [-0.05, 0) is 43.4 Å². The summed E-state index contributed by atoms with van der Waals surface area (Å²) in [6.45, 7) is 6.52. The van der Waals surface area contributed by atoms with Gasteiger partial charge in [-0.1, -0.05) is 20.8 Å². The Bertz CT molecular complexity index is 330. The highest BCUT2D eigenvalue weighted by Crippen LogP contribution is 2.29. The van der Waals surface area contributed by atoms with Crippen LogP contribution in [0.1, 0.15) is 65.7 Å². The third-order valence-corrected chi connectivity index (χ3v) is 4.23. The molecule has 0 heterocycles. The molecule has 0 aromatic heterocycles. The fourth-order valence-corrected chi connectivity index (χ4v) is 2.73. The Balaban J connectivity index is 2.36. The molecule has 0 N–H and O–H groups in total. The molecule has 0 unspecified atom stereocenters. The second-order valence-corrected chi connectivity index (χ2v) is 7.10. The number of amides is 1. The van der Waals surface area contributed by atoms with Crippen molar-refractivity contribution in [3.63, 3.8) is 0 Å². The van der Waals surface area contributed by atoms with Crippen LogP contribution in [0.4, 0.5) is 0 Å². The Morgan fingerprint density at radius 2 is 1.84 bits per heavy atom. The minimum Gasteiger partial charge on any atom is -0.343 e. The van der Waals surface area contributed by atoms with Crippen LogP contribution in [0.15, 0.2) is 0 Å². The number of nitriles is 1. The quantitative estimate of drug-likeness (QED) is 0.776. The molecule has 0 atom stereocenters. The number of nitrogens with zero attached hydrogens (tertiary/aromatic N) is 2. The van der Waals surface area contributed by atoms with Crippen LogP contribution in [0.2, 0.25) is 0 Å². The maximum Gasteiger partial charge on any atom is 0.222 e. The zero-order chi connectivity index (χ0) is 14.5. The van der Waals surface area contributed by atoms with Crippen molar-refractivity contribution in [3.05, 3.63) is 0 Å². The first-order chi connectivity index (χ1) is 8.83. The van der Waals surface area contributed by atoms with Gasteiger partial charge in [0.05, 0.1) is 6.07 Å². The van der Waals surface area contributed by atoms with Gasteiger partial charge in [0.1, 0.15) is 0 Å². The lowest BCUT2D eigenvalue weighted by Crippen LogP contribution is -2.39. The minimum absolute atomic E-state index is 0.223. The molecule has 3 nitrogen and oxygen atoms in total. The molecule has 1 amide bonds. The molecule has 108 valence electrons. The molecule has 1 aliphatic carbocycles. The first-order valence-corrected chi connectivity index (χ1v) is 7.46. The Kier molecular flexibility index (Phi) is 5.85. The van der Waals surface area contributed by atoms with Gasteiger partial charge in [-0.2, -0.15) is 5.26 Å². The normalized spacial score (nSPS) is 23.7. The molecule has 0 radical (unpaired) electrons. The van der Waals surface area contributed by atoms with E-state index < -0.39 is 0 Å². The van der Waals surface area contributed by atoms with Crippen LogP contribution in [-0.2, 0) is 4.79 Å². The van der Waals surface area contributed by atoms with Crippen molar-refractivity contribution < 1.29 is 4.79 Å². The highest BCUT2D eigenvalue weighted by atomic mass is 16.2. The van der Waals surface area contributed by atoms with Crippen molar-refractivity contribution in [1.29, 1.82) is 5.26 Å². The number of hydrogen-bond donors (Lipinski definition) is 0. The van der Waals surface area contributed by atoms with Crippen LogP contribution in [0.3, 0.4) is 0 Å². The zero-order valence-corrected chi connectivity index (χ0v) is 12.9. The van der Waals surface area contributed by atoms with E-state index in [0.717, 1.165) is 32.1 Å². The van der Waals surface area contributed by atoms with E-state index in [9.17, 15) is 4.79 Å². The number of rotatable bonds is 4. The lowest BCUT2D eigenvalue weighted by atomic mass is 9.83. The van der Waals surface area contributed by atoms with E-state index in [1.807, 2.05) is 11.9 Å². The molecule has 0 spiro atoms. The van der Waals surface area contributed by atoms with Crippen LogP contribution < -0.4 is 0 Å². The largest absolute Gasteiger partial charge is 0.343 e. The Hall–Kier alpha value is -1.04. The molecule has 1 saturated carbocycles. The molecule has 0 saturated heterocycles. The molecular weight excluding hydrogens is 236 g/mol. The predicted octanol–water partition coefficient (Wildman–Crippen LogP) is 3.74. The smallest absolute Gasteiger partial charge is 0.222 e. The van der Waals surface area contributed by atoms with E-state index in [1.165, 1.54) is 0 Å². The van der Waals surface area contributed by atoms with Crippen LogP contribution in [-0.4, -0.2) is 23.9 Å². The molecule has 3 heteroatoms. The molecular formula is C16H28N2O. The molecule has 1 aliphatic rings. The fourth-order valence-electron chi connectivity index (χ4n) is 2.73. The van der Waals surface area contributed by atoms with Crippen molar-refractivity contribution in [2.45, 2.75) is 71.8 Å². The van der Waals surface area contributed by atoms with Crippen LogP contribution in [0.25, 0.3) is 0 Å². The van der Waals surface area contributed by atoms with Gasteiger partial charge in [0, 0.05) is 25.9 Å². The summed E-state index contributed by atoms with van der Waals surface area (Å²) in [6, 6.07) is 2.65. The third kappa shape index (κ3) is 5.63. The Morgan fingerprint density at radius 1 is 1.26 bits per heavy atom. The van der Waals surface area contributed by atoms with Crippen molar-refractivity contribution in [1.82, 2.24) is 4.90 Å². The maximum absolute atomic E-state index is 12.2. The van der Waals surface area contributed by atoms with Crippen LogP contribution in [0.5, 0.6) is 0 Å². The molecule has 0 aliphatic heterocycles. The minimum atomic E-state index is 0.223. The third-order valence-electron chi connectivity index (χ3n) is 4.23. The summed E-state index contributed by atoms with van der Waals surface area (Å²) in [5, 5.41) is 8.71. The molecule has 0 bridgehead atoms. The zero-order valence-electron chi connectivity index (χ0n) is 12.9. The summed E-state index contributed by atoms with van der Waals surface area (Å²) in [5.41, 5.74) is 0.223. The van der Waals surface area contributed by atoms with E-state index >= 15 is 0 Å². The average molecular weight is 264 g/mol. The first kappa shape index (κ1) is 16.0. The molecule has 1 fully saturated rings. The standard InChI is InChI=1S/C16H28N2O/c1-16(2,3)11-9-15(19)18(4)14-7-5-13(6-8-14)10-12-17/h13-14H,5-11H2,1-4H3. The second-order valence-electron chi connectivity index (χ2n) is 7.10. The molecule has 1 rings (SSSR count). The summed E-state index contributed by atoms with van der Waals surface area (Å²) in [7, 11) is 1.94. The van der Waals surface area contributed by atoms with E-state index in [-0.39, 0.29) is 11.3 Å². The van der Waals surface area contributed by atoms with Gasteiger partial charge in [0.25, 0.3) is 0 Å². The van der Waals surface area contributed by atoms with Crippen LogP contribution >= 0.6 is 0 Å². The average Bonchev–Trinajstić information content (AvgIpc) is 2.35. The van der Waals surface area contributed by atoms with Crippen molar-refractivity contribution in [3.8, 4) is 6.07 Å². The Morgan fingerprint density at radius 3 is 2.32 bits per heavy atom. The van der Waals surface area contributed by atoms with E-state index in [0.29, 0.717) is 24.8 Å². The van der Waals surface area contributed by atoms with Crippen molar-refractivity contribution in [2.75, 3.05) is 7.05 Å². The van der Waals surface area contributed by atoms with Crippen molar-refractivity contribution in [2.24, 2.45) is 11.3 Å². The monoisotopic (exact) mass is 264 g/mol. The van der Waals surface area contributed by atoms with Gasteiger partial charge < -0.3 is 4.90 Å². The lowest BCUT2D eigenvalue weighted by molar-refractivity contribution is -0.133. The molecule has 0 aromatic carbocycles. The van der Waals surface area contributed by atoms with Gasteiger partial charge in [-0.25, -0.2) is 0 Å². The summed E-state index contributed by atoms with van der Waals surface area (Å²) in [6.07, 6.45) is 6.57.